The first-order chi connectivity index (χ1) is 13.8. The van der Waals surface area contributed by atoms with Crippen LogP contribution in [0.25, 0.3) is 0 Å². The number of amides is 2. The molecule has 0 bridgehead atoms. The fourth-order valence-electron chi connectivity index (χ4n) is 3.17. The number of halogens is 1. The molecule has 0 radical (unpaired) electrons. The van der Waals surface area contributed by atoms with Crippen molar-refractivity contribution in [2.75, 3.05) is 0 Å². The molecule has 0 heterocycles. The Balaban J connectivity index is 2.28. The standard InChI is InChI=1S/C24H31ClN2O2/c1-5-18(4)26-24(29)22(6-2)27(16-19-12-10-17(3)11-13-19)23(28)15-20-8-7-9-21(25)14-20/h7-14,18,22H,5-6,15-16H2,1-4H3,(H,26,29). The average Bonchev–Trinajstić information content (AvgIpc) is 2.69. The van der Waals surface area contributed by atoms with Crippen molar-refractivity contribution in [1.29, 1.82) is 0 Å². The van der Waals surface area contributed by atoms with Crippen LogP contribution in [0, 0.1) is 6.92 Å². The zero-order valence-electron chi connectivity index (χ0n) is 17.7. The predicted molar refractivity (Wildman–Crippen MR) is 119 cm³/mol. The van der Waals surface area contributed by atoms with E-state index in [-0.39, 0.29) is 24.3 Å². The lowest BCUT2D eigenvalue weighted by molar-refractivity contribution is -0.141. The fourth-order valence-corrected chi connectivity index (χ4v) is 3.39. The highest BCUT2D eigenvalue weighted by Gasteiger charge is 2.29. The van der Waals surface area contributed by atoms with E-state index in [1.807, 2.05) is 64.1 Å². The van der Waals surface area contributed by atoms with E-state index in [0.717, 1.165) is 23.1 Å². The molecule has 2 rings (SSSR count). The number of nitrogens with one attached hydrogen (secondary N) is 1. The molecule has 2 aromatic carbocycles. The predicted octanol–water partition coefficient (Wildman–Crippen LogP) is 4.91. The summed E-state index contributed by atoms with van der Waals surface area (Å²) in [4.78, 5) is 27.9. The highest BCUT2D eigenvalue weighted by Crippen LogP contribution is 2.17. The highest BCUT2D eigenvalue weighted by atomic mass is 35.5. The van der Waals surface area contributed by atoms with Gasteiger partial charge in [0, 0.05) is 17.6 Å². The Bertz CT molecular complexity index is 820. The van der Waals surface area contributed by atoms with Crippen molar-refractivity contribution in [2.24, 2.45) is 0 Å². The molecule has 2 atom stereocenters. The van der Waals surface area contributed by atoms with Gasteiger partial charge < -0.3 is 10.2 Å². The summed E-state index contributed by atoms with van der Waals surface area (Å²) in [5, 5.41) is 3.63. The molecule has 0 aliphatic heterocycles. The van der Waals surface area contributed by atoms with Crippen molar-refractivity contribution in [3.8, 4) is 0 Å². The summed E-state index contributed by atoms with van der Waals surface area (Å²) in [6.45, 7) is 8.37. The molecule has 4 nitrogen and oxygen atoms in total. The number of nitrogens with zero attached hydrogens (tertiary/aromatic N) is 1. The zero-order valence-corrected chi connectivity index (χ0v) is 18.5. The van der Waals surface area contributed by atoms with Crippen LogP contribution < -0.4 is 5.32 Å². The highest BCUT2D eigenvalue weighted by molar-refractivity contribution is 6.30. The second-order valence-corrected chi connectivity index (χ2v) is 7.99. The average molecular weight is 415 g/mol. The lowest BCUT2D eigenvalue weighted by Gasteiger charge is -2.31. The number of carbonyl (C=O) groups excluding carboxylic acids is 2. The van der Waals surface area contributed by atoms with Gasteiger partial charge in [-0.3, -0.25) is 9.59 Å². The van der Waals surface area contributed by atoms with Crippen molar-refractivity contribution < 1.29 is 9.59 Å². The molecule has 0 aliphatic carbocycles. The van der Waals surface area contributed by atoms with Crippen LogP contribution in [0.4, 0.5) is 0 Å². The molecule has 2 aromatic rings. The summed E-state index contributed by atoms with van der Waals surface area (Å²) in [5.41, 5.74) is 3.01. The van der Waals surface area contributed by atoms with Gasteiger partial charge in [-0.1, -0.05) is 67.4 Å². The Morgan fingerprint density at radius 2 is 1.72 bits per heavy atom. The third-order valence-electron chi connectivity index (χ3n) is 5.10. The van der Waals surface area contributed by atoms with E-state index in [1.165, 1.54) is 0 Å². The molecule has 29 heavy (non-hydrogen) atoms. The van der Waals surface area contributed by atoms with E-state index in [0.29, 0.717) is 18.0 Å². The van der Waals surface area contributed by atoms with Gasteiger partial charge in [-0.05, 0) is 49.9 Å². The first-order valence-electron chi connectivity index (χ1n) is 10.2. The van der Waals surface area contributed by atoms with Gasteiger partial charge in [0.15, 0.2) is 0 Å². The third kappa shape index (κ3) is 6.90. The molecular formula is C24H31ClN2O2. The van der Waals surface area contributed by atoms with Crippen molar-refractivity contribution in [1.82, 2.24) is 10.2 Å². The quantitative estimate of drug-likeness (QED) is 0.633. The third-order valence-corrected chi connectivity index (χ3v) is 5.34. The number of hydrogen-bond acceptors (Lipinski definition) is 2. The largest absolute Gasteiger partial charge is 0.352 e. The Morgan fingerprint density at radius 3 is 2.31 bits per heavy atom. The van der Waals surface area contributed by atoms with E-state index in [2.05, 4.69) is 5.32 Å². The van der Waals surface area contributed by atoms with Gasteiger partial charge in [0.2, 0.25) is 11.8 Å². The van der Waals surface area contributed by atoms with Crippen LogP contribution >= 0.6 is 11.6 Å². The maximum Gasteiger partial charge on any atom is 0.243 e. The summed E-state index contributed by atoms with van der Waals surface area (Å²) in [7, 11) is 0. The smallest absolute Gasteiger partial charge is 0.243 e. The van der Waals surface area contributed by atoms with Crippen LogP contribution in [0.2, 0.25) is 5.02 Å². The summed E-state index contributed by atoms with van der Waals surface area (Å²) in [6, 6.07) is 14.9. The molecule has 0 spiro atoms. The van der Waals surface area contributed by atoms with Gasteiger partial charge in [0.05, 0.1) is 6.42 Å². The molecule has 0 fully saturated rings. The van der Waals surface area contributed by atoms with E-state index in [9.17, 15) is 9.59 Å². The molecule has 5 heteroatoms. The van der Waals surface area contributed by atoms with Gasteiger partial charge in [-0.15, -0.1) is 0 Å². The van der Waals surface area contributed by atoms with Crippen molar-refractivity contribution >= 4 is 23.4 Å². The summed E-state index contributed by atoms with van der Waals surface area (Å²) < 4.78 is 0. The van der Waals surface area contributed by atoms with E-state index >= 15 is 0 Å². The van der Waals surface area contributed by atoms with Crippen LogP contribution in [-0.4, -0.2) is 28.8 Å². The van der Waals surface area contributed by atoms with Gasteiger partial charge in [0.25, 0.3) is 0 Å². The molecular weight excluding hydrogens is 384 g/mol. The minimum absolute atomic E-state index is 0.0702. The molecule has 0 aromatic heterocycles. The monoisotopic (exact) mass is 414 g/mol. The summed E-state index contributed by atoms with van der Waals surface area (Å²) in [5.74, 6) is -0.188. The molecule has 2 unspecified atom stereocenters. The number of rotatable bonds is 9. The van der Waals surface area contributed by atoms with E-state index in [1.54, 1.807) is 17.0 Å². The Labute approximate surface area is 179 Å². The van der Waals surface area contributed by atoms with Crippen molar-refractivity contribution in [3.63, 3.8) is 0 Å². The fraction of sp³-hybridized carbons (Fsp3) is 0.417. The Morgan fingerprint density at radius 1 is 1.03 bits per heavy atom. The minimum atomic E-state index is -0.517. The molecule has 0 saturated carbocycles. The van der Waals surface area contributed by atoms with E-state index in [4.69, 9.17) is 11.6 Å². The lowest BCUT2D eigenvalue weighted by atomic mass is 10.1. The Kier molecular flexibility index (Phi) is 8.71. The SMILES string of the molecule is CCC(C)NC(=O)C(CC)N(Cc1ccc(C)cc1)C(=O)Cc1cccc(Cl)c1. The molecule has 1 N–H and O–H groups in total. The van der Waals surface area contributed by atoms with E-state index < -0.39 is 6.04 Å². The number of hydrogen-bond donors (Lipinski definition) is 1. The van der Waals surface area contributed by atoms with Crippen molar-refractivity contribution in [3.05, 3.63) is 70.2 Å². The number of carbonyl (C=O) groups is 2. The van der Waals surface area contributed by atoms with Crippen LogP contribution in [0.3, 0.4) is 0 Å². The first-order valence-corrected chi connectivity index (χ1v) is 10.6. The summed E-state index contributed by atoms with van der Waals surface area (Å²) >= 11 is 6.08. The van der Waals surface area contributed by atoms with Crippen molar-refractivity contribution in [2.45, 2.75) is 65.6 Å². The normalized spacial score (nSPS) is 12.9. The number of aryl methyl sites for hydroxylation is 1. The molecule has 156 valence electrons. The van der Waals surface area contributed by atoms with Gasteiger partial charge in [-0.2, -0.15) is 0 Å². The van der Waals surface area contributed by atoms with Crippen LogP contribution in [0.5, 0.6) is 0 Å². The number of benzene rings is 2. The second-order valence-electron chi connectivity index (χ2n) is 7.56. The minimum Gasteiger partial charge on any atom is -0.352 e. The van der Waals surface area contributed by atoms with Crippen LogP contribution in [0.15, 0.2) is 48.5 Å². The first kappa shape index (κ1) is 23.0. The van der Waals surface area contributed by atoms with Crippen LogP contribution in [0.1, 0.15) is 50.3 Å². The maximum absolute atomic E-state index is 13.3. The van der Waals surface area contributed by atoms with Crippen LogP contribution in [-0.2, 0) is 22.6 Å². The molecule has 0 saturated heterocycles. The lowest BCUT2D eigenvalue weighted by Crippen LogP contribution is -2.51. The maximum atomic E-state index is 13.3. The molecule has 0 aliphatic rings. The topological polar surface area (TPSA) is 49.4 Å². The second kappa shape index (κ2) is 11.0. The summed E-state index contributed by atoms with van der Waals surface area (Å²) in [6.07, 6.45) is 1.60. The van der Waals surface area contributed by atoms with Gasteiger partial charge in [-0.25, -0.2) is 0 Å². The molecule has 2 amide bonds. The zero-order chi connectivity index (χ0) is 21.4. The van der Waals surface area contributed by atoms with Gasteiger partial charge >= 0.3 is 0 Å². The van der Waals surface area contributed by atoms with Gasteiger partial charge in [0.1, 0.15) is 6.04 Å². The Hall–Kier alpha value is -2.33.